The first-order valence-corrected chi connectivity index (χ1v) is 7.70. The third-order valence-electron chi connectivity index (χ3n) is 4.17. The van der Waals surface area contributed by atoms with Gasteiger partial charge in [-0.25, -0.2) is 23.0 Å². The van der Waals surface area contributed by atoms with Crippen molar-refractivity contribution >= 4 is 11.6 Å². The zero-order valence-corrected chi connectivity index (χ0v) is 13.2. The summed E-state index contributed by atoms with van der Waals surface area (Å²) in [6.07, 6.45) is 0.454. The summed E-state index contributed by atoms with van der Waals surface area (Å²) < 4.78 is 29.0. The van der Waals surface area contributed by atoms with Crippen molar-refractivity contribution in [2.75, 3.05) is 0 Å². The molecule has 124 valence electrons. The number of aryl methyl sites for hydroxylation is 2. The van der Waals surface area contributed by atoms with Crippen LogP contribution in [0.15, 0.2) is 18.3 Å². The summed E-state index contributed by atoms with van der Waals surface area (Å²) >= 11 is 0. The van der Waals surface area contributed by atoms with Crippen LogP contribution in [-0.2, 0) is 0 Å². The standard InChI is InChI=1S/C16H15F2N5O/c1-8-5-9(2)22(21-8)16(24)11-7-19-23-13(14(17)18)6-12(10-3-4-10)20-15(11)23/h5-7,10,14H,3-4H2,1-2H3. The van der Waals surface area contributed by atoms with Crippen LogP contribution in [0, 0.1) is 13.8 Å². The number of halogens is 2. The number of fused-ring (bicyclic) bond motifs is 1. The second-order valence-electron chi connectivity index (χ2n) is 6.12. The predicted molar refractivity (Wildman–Crippen MR) is 81.3 cm³/mol. The van der Waals surface area contributed by atoms with E-state index in [4.69, 9.17) is 0 Å². The van der Waals surface area contributed by atoms with Gasteiger partial charge in [-0.1, -0.05) is 0 Å². The Hall–Kier alpha value is -2.64. The number of carbonyl (C=O) groups excluding carboxylic acids is 1. The van der Waals surface area contributed by atoms with Crippen molar-refractivity contribution in [3.05, 3.63) is 46.7 Å². The minimum atomic E-state index is -2.69. The monoisotopic (exact) mass is 331 g/mol. The van der Waals surface area contributed by atoms with Gasteiger partial charge in [-0.2, -0.15) is 10.2 Å². The first kappa shape index (κ1) is 14.9. The Kier molecular flexibility index (Phi) is 3.22. The maximum absolute atomic E-state index is 13.4. The van der Waals surface area contributed by atoms with Crippen molar-refractivity contribution in [1.82, 2.24) is 24.4 Å². The van der Waals surface area contributed by atoms with E-state index in [1.54, 1.807) is 19.9 Å². The van der Waals surface area contributed by atoms with Crippen LogP contribution in [0.25, 0.3) is 5.65 Å². The van der Waals surface area contributed by atoms with Crippen molar-refractivity contribution in [1.29, 1.82) is 0 Å². The normalized spacial score (nSPS) is 14.7. The van der Waals surface area contributed by atoms with Crippen molar-refractivity contribution in [3.8, 4) is 0 Å². The minimum Gasteiger partial charge on any atom is -0.267 e. The van der Waals surface area contributed by atoms with E-state index in [2.05, 4.69) is 15.2 Å². The lowest BCUT2D eigenvalue weighted by molar-refractivity contribution is 0.0943. The third-order valence-corrected chi connectivity index (χ3v) is 4.17. The molecule has 1 saturated carbocycles. The number of carbonyl (C=O) groups is 1. The molecule has 6 nitrogen and oxygen atoms in total. The van der Waals surface area contributed by atoms with E-state index >= 15 is 0 Å². The zero-order chi connectivity index (χ0) is 17.0. The molecule has 0 N–H and O–H groups in total. The van der Waals surface area contributed by atoms with Crippen molar-refractivity contribution in [2.45, 2.75) is 39.0 Å². The lowest BCUT2D eigenvalue weighted by Gasteiger charge is -2.07. The summed E-state index contributed by atoms with van der Waals surface area (Å²) in [7, 11) is 0. The van der Waals surface area contributed by atoms with Gasteiger partial charge < -0.3 is 0 Å². The Morgan fingerprint density at radius 1 is 1.29 bits per heavy atom. The van der Waals surface area contributed by atoms with E-state index < -0.39 is 12.3 Å². The first-order valence-electron chi connectivity index (χ1n) is 7.70. The second kappa shape index (κ2) is 5.19. The maximum atomic E-state index is 13.4. The lowest BCUT2D eigenvalue weighted by Crippen LogP contribution is -2.16. The van der Waals surface area contributed by atoms with E-state index in [1.807, 2.05) is 0 Å². The number of hydrogen-bond donors (Lipinski definition) is 0. The molecular weight excluding hydrogens is 316 g/mol. The molecule has 0 amide bonds. The summed E-state index contributed by atoms with van der Waals surface area (Å²) in [5.41, 5.74) is 2.06. The molecule has 3 aromatic rings. The highest BCUT2D eigenvalue weighted by molar-refractivity contribution is 6.01. The predicted octanol–water partition coefficient (Wildman–Crippen LogP) is 3.05. The van der Waals surface area contributed by atoms with Crippen LogP contribution in [0.5, 0.6) is 0 Å². The molecule has 24 heavy (non-hydrogen) atoms. The van der Waals surface area contributed by atoms with Crippen LogP contribution in [-0.4, -0.2) is 30.3 Å². The summed E-state index contributed by atoms with van der Waals surface area (Å²) in [6, 6.07) is 3.16. The summed E-state index contributed by atoms with van der Waals surface area (Å²) in [4.78, 5) is 17.2. The third kappa shape index (κ3) is 2.29. The highest BCUT2D eigenvalue weighted by Crippen LogP contribution is 2.40. The zero-order valence-electron chi connectivity index (χ0n) is 13.2. The van der Waals surface area contributed by atoms with E-state index in [1.165, 1.54) is 16.9 Å². The molecule has 8 heteroatoms. The fourth-order valence-electron chi connectivity index (χ4n) is 2.85. The van der Waals surface area contributed by atoms with Crippen LogP contribution >= 0.6 is 0 Å². The summed E-state index contributed by atoms with van der Waals surface area (Å²) in [5, 5.41) is 8.11. The summed E-state index contributed by atoms with van der Waals surface area (Å²) in [6.45, 7) is 3.54. The van der Waals surface area contributed by atoms with E-state index in [0.29, 0.717) is 17.1 Å². The number of aromatic nitrogens is 5. The molecule has 1 aliphatic carbocycles. The number of alkyl halides is 2. The molecule has 0 spiro atoms. The van der Waals surface area contributed by atoms with E-state index in [0.717, 1.165) is 17.4 Å². The van der Waals surface area contributed by atoms with Gasteiger partial charge in [0.1, 0.15) is 11.3 Å². The Bertz CT molecular complexity index is 955. The molecule has 0 aliphatic heterocycles. The van der Waals surface area contributed by atoms with Gasteiger partial charge in [0.25, 0.3) is 12.3 Å². The van der Waals surface area contributed by atoms with Crippen molar-refractivity contribution in [3.63, 3.8) is 0 Å². The second-order valence-corrected chi connectivity index (χ2v) is 6.12. The van der Waals surface area contributed by atoms with Gasteiger partial charge in [0.05, 0.1) is 11.9 Å². The fraction of sp³-hybridized carbons (Fsp3) is 0.375. The van der Waals surface area contributed by atoms with Crippen molar-refractivity contribution < 1.29 is 13.6 Å². The molecule has 1 fully saturated rings. The van der Waals surface area contributed by atoms with Gasteiger partial charge >= 0.3 is 0 Å². The van der Waals surface area contributed by atoms with Crippen LogP contribution in [0.3, 0.4) is 0 Å². The average Bonchev–Trinajstić information content (AvgIpc) is 3.21. The molecule has 0 unspecified atom stereocenters. The van der Waals surface area contributed by atoms with Gasteiger partial charge in [-0.15, -0.1) is 0 Å². The van der Waals surface area contributed by atoms with Crippen molar-refractivity contribution in [2.24, 2.45) is 0 Å². The molecule has 0 bridgehead atoms. The van der Waals surface area contributed by atoms with Gasteiger partial charge in [0, 0.05) is 17.3 Å². The first-order chi connectivity index (χ1) is 11.5. The highest BCUT2D eigenvalue weighted by Gasteiger charge is 2.29. The topological polar surface area (TPSA) is 65.1 Å². The van der Waals surface area contributed by atoms with Crippen LogP contribution in [0.4, 0.5) is 8.78 Å². The van der Waals surface area contributed by atoms with Crippen LogP contribution in [0.2, 0.25) is 0 Å². The number of rotatable bonds is 3. The molecule has 0 saturated heterocycles. The summed E-state index contributed by atoms with van der Waals surface area (Å²) in [5.74, 6) is -0.227. The molecule has 1 aliphatic rings. The van der Waals surface area contributed by atoms with Crippen LogP contribution < -0.4 is 0 Å². The van der Waals surface area contributed by atoms with E-state index in [-0.39, 0.29) is 22.8 Å². The molecule has 3 heterocycles. The quantitative estimate of drug-likeness (QED) is 0.740. The SMILES string of the molecule is Cc1cc(C)n(C(=O)c2cnn3c(C(F)F)cc(C4CC4)nc23)n1. The van der Waals surface area contributed by atoms with Crippen LogP contribution in [0.1, 0.15) is 58.3 Å². The van der Waals surface area contributed by atoms with Gasteiger partial charge in [0.15, 0.2) is 5.65 Å². The highest BCUT2D eigenvalue weighted by atomic mass is 19.3. The Balaban J connectivity index is 1.90. The molecule has 0 radical (unpaired) electrons. The molecule has 0 atom stereocenters. The van der Waals surface area contributed by atoms with Gasteiger partial charge in [-0.3, -0.25) is 4.79 Å². The van der Waals surface area contributed by atoms with Gasteiger partial charge in [0.2, 0.25) is 0 Å². The average molecular weight is 331 g/mol. The van der Waals surface area contributed by atoms with Gasteiger partial charge in [-0.05, 0) is 38.8 Å². The largest absolute Gasteiger partial charge is 0.283 e. The minimum absolute atomic E-state index is 0.159. The lowest BCUT2D eigenvalue weighted by atomic mass is 10.2. The number of hydrogen-bond acceptors (Lipinski definition) is 4. The molecule has 4 rings (SSSR count). The maximum Gasteiger partial charge on any atom is 0.283 e. The Morgan fingerprint density at radius 2 is 2.04 bits per heavy atom. The Morgan fingerprint density at radius 3 is 2.62 bits per heavy atom. The molecular formula is C16H15F2N5O. The Labute approximate surface area is 136 Å². The number of nitrogens with zero attached hydrogens (tertiary/aromatic N) is 5. The molecule has 0 aromatic carbocycles. The molecule has 3 aromatic heterocycles. The van der Waals surface area contributed by atoms with E-state index in [9.17, 15) is 13.6 Å². The smallest absolute Gasteiger partial charge is 0.267 e. The fourth-order valence-corrected chi connectivity index (χ4v) is 2.85.